The van der Waals surface area contributed by atoms with Gasteiger partial charge in [-0.2, -0.15) is 0 Å². The molecule has 2 unspecified atom stereocenters. The molecule has 0 saturated heterocycles. The van der Waals surface area contributed by atoms with Gasteiger partial charge in [0.05, 0.1) is 10.6 Å². The topological polar surface area (TPSA) is 84.2 Å². The lowest BCUT2D eigenvalue weighted by Gasteiger charge is -2.43. The Bertz CT molecular complexity index is 635. The van der Waals surface area contributed by atoms with Gasteiger partial charge in [0.2, 0.25) is 5.91 Å². The van der Waals surface area contributed by atoms with Gasteiger partial charge >= 0.3 is 0 Å². The first-order chi connectivity index (χ1) is 11.5. The second-order valence-electron chi connectivity index (χ2n) is 6.96. The second kappa shape index (κ2) is 7.11. The van der Waals surface area contributed by atoms with Gasteiger partial charge in [-0.3, -0.25) is 9.59 Å². The lowest BCUT2D eigenvalue weighted by atomic mass is 9.65. The molecule has 3 rings (SSSR count). The summed E-state index contributed by atoms with van der Waals surface area (Å²) in [5, 5.41) is 5.81. The quantitative estimate of drug-likeness (QED) is 0.784. The van der Waals surface area contributed by atoms with E-state index in [9.17, 15) is 9.59 Å². The van der Waals surface area contributed by atoms with Crippen molar-refractivity contribution in [3.05, 3.63) is 28.8 Å². The fourth-order valence-electron chi connectivity index (χ4n) is 4.16. The van der Waals surface area contributed by atoms with Crippen molar-refractivity contribution >= 4 is 29.1 Å². The molecule has 1 aromatic carbocycles. The first kappa shape index (κ1) is 17.2. The van der Waals surface area contributed by atoms with E-state index in [1.54, 1.807) is 25.2 Å². The van der Waals surface area contributed by atoms with Crippen LogP contribution in [0.25, 0.3) is 0 Å². The maximum Gasteiger partial charge on any atom is 0.252 e. The highest BCUT2D eigenvalue weighted by atomic mass is 35.5. The first-order valence-electron chi connectivity index (χ1n) is 8.57. The summed E-state index contributed by atoms with van der Waals surface area (Å²) in [5.74, 6) is 0.729. The fourth-order valence-corrected chi connectivity index (χ4v) is 4.43. The molecule has 130 valence electrons. The third-order valence-corrected chi connectivity index (χ3v) is 5.80. The lowest BCUT2D eigenvalue weighted by molar-refractivity contribution is -0.122. The van der Waals surface area contributed by atoms with E-state index in [1.807, 2.05) is 0 Å². The molecule has 0 radical (unpaired) electrons. The van der Waals surface area contributed by atoms with E-state index < -0.39 is 0 Å². The van der Waals surface area contributed by atoms with Crippen molar-refractivity contribution in [3.8, 4) is 0 Å². The second-order valence-corrected chi connectivity index (χ2v) is 7.37. The summed E-state index contributed by atoms with van der Waals surface area (Å²) in [6, 6.07) is 5.22. The van der Waals surface area contributed by atoms with E-state index in [4.69, 9.17) is 17.3 Å². The van der Waals surface area contributed by atoms with E-state index in [2.05, 4.69) is 10.6 Å². The Morgan fingerprint density at radius 3 is 2.46 bits per heavy atom. The van der Waals surface area contributed by atoms with Crippen molar-refractivity contribution in [2.45, 2.75) is 38.1 Å². The molecule has 1 aromatic rings. The minimum absolute atomic E-state index is 0.0116. The van der Waals surface area contributed by atoms with Gasteiger partial charge in [-0.25, -0.2) is 0 Å². The van der Waals surface area contributed by atoms with Crippen molar-refractivity contribution in [3.63, 3.8) is 0 Å². The Balaban J connectivity index is 1.67. The molecule has 2 aliphatic carbocycles. The van der Waals surface area contributed by atoms with Crippen LogP contribution in [0.4, 0.5) is 5.69 Å². The number of hydrogen-bond acceptors (Lipinski definition) is 3. The molecule has 2 atom stereocenters. The average molecular weight is 350 g/mol. The lowest BCUT2D eigenvalue weighted by Crippen LogP contribution is -2.48. The average Bonchev–Trinajstić information content (AvgIpc) is 2.54. The molecule has 0 spiro atoms. The van der Waals surface area contributed by atoms with E-state index in [1.165, 1.54) is 6.42 Å². The molecule has 0 heterocycles. The van der Waals surface area contributed by atoms with Crippen LogP contribution in [0.5, 0.6) is 0 Å². The van der Waals surface area contributed by atoms with Gasteiger partial charge < -0.3 is 16.4 Å². The summed E-state index contributed by atoms with van der Waals surface area (Å²) in [6.07, 6.45) is 5.23. The third kappa shape index (κ3) is 3.42. The van der Waals surface area contributed by atoms with Gasteiger partial charge in [0, 0.05) is 24.7 Å². The largest absolute Gasteiger partial charge is 0.355 e. The monoisotopic (exact) mass is 349 g/mol. The van der Waals surface area contributed by atoms with Crippen molar-refractivity contribution in [2.75, 3.05) is 12.4 Å². The van der Waals surface area contributed by atoms with Gasteiger partial charge in [-0.1, -0.05) is 18.0 Å². The van der Waals surface area contributed by atoms with Crippen LogP contribution in [0.2, 0.25) is 5.02 Å². The van der Waals surface area contributed by atoms with Crippen LogP contribution < -0.4 is 16.4 Å². The number of fused-ring (bicyclic) bond motifs is 2. The number of amides is 2. The third-order valence-electron chi connectivity index (χ3n) is 5.49. The fraction of sp³-hybridized carbons (Fsp3) is 0.556. The number of hydrogen-bond donors (Lipinski definition) is 3. The molecule has 6 heteroatoms. The van der Waals surface area contributed by atoms with Gasteiger partial charge in [0.15, 0.2) is 0 Å². The number of halogens is 1. The summed E-state index contributed by atoms with van der Waals surface area (Å²) in [6.45, 7) is 0. The molecule has 2 saturated carbocycles. The van der Waals surface area contributed by atoms with Crippen LogP contribution in [-0.2, 0) is 4.79 Å². The molecule has 2 bridgehead atoms. The van der Waals surface area contributed by atoms with E-state index in [0.717, 1.165) is 25.7 Å². The highest BCUT2D eigenvalue weighted by molar-refractivity contribution is 6.34. The van der Waals surface area contributed by atoms with E-state index in [-0.39, 0.29) is 23.8 Å². The number of benzene rings is 1. The molecule has 2 fully saturated rings. The predicted octanol–water partition coefficient (Wildman–Crippen LogP) is 2.79. The van der Waals surface area contributed by atoms with Gasteiger partial charge in [0.25, 0.3) is 5.91 Å². The van der Waals surface area contributed by atoms with Crippen molar-refractivity contribution in [1.82, 2.24) is 5.32 Å². The summed E-state index contributed by atoms with van der Waals surface area (Å²) in [5.41, 5.74) is 7.31. The van der Waals surface area contributed by atoms with Crippen LogP contribution >= 0.6 is 11.6 Å². The summed E-state index contributed by atoms with van der Waals surface area (Å²) >= 11 is 6.14. The Kier molecular flexibility index (Phi) is 5.11. The predicted molar refractivity (Wildman–Crippen MR) is 95.0 cm³/mol. The van der Waals surface area contributed by atoms with Crippen LogP contribution in [0.1, 0.15) is 42.5 Å². The molecular weight excluding hydrogens is 326 g/mol. The zero-order valence-electron chi connectivity index (χ0n) is 13.8. The molecule has 0 aromatic heterocycles. The Labute approximate surface area is 147 Å². The summed E-state index contributed by atoms with van der Waals surface area (Å²) in [7, 11) is 1.55. The van der Waals surface area contributed by atoms with Crippen molar-refractivity contribution in [2.24, 2.45) is 23.5 Å². The highest BCUT2D eigenvalue weighted by Gasteiger charge is 2.40. The Morgan fingerprint density at radius 1 is 1.21 bits per heavy atom. The summed E-state index contributed by atoms with van der Waals surface area (Å²) < 4.78 is 0. The summed E-state index contributed by atoms with van der Waals surface area (Å²) in [4.78, 5) is 24.3. The molecule has 5 nitrogen and oxygen atoms in total. The number of nitrogens with one attached hydrogen (secondary N) is 2. The van der Waals surface area contributed by atoms with Gasteiger partial charge in [-0.15, -0.1) is 0 Å². The SMILES string of the molecule is CNC(=O)c1ccc(NC(=O)C2CC3CCCC(C2)C3N)cc1Cl. The number of nitrogens with two attached hydrogens (primary N) is 1. The van der Waals surface area contributed by atoms with Gasteiger partial charge in [0.1, 0.15) is 0 Å². The minimum Gasteiger partial charge on any atom is -0.355 e. The Morgan fingerprint density at radius 2 is 1.88 bits per heavy atom. The zero-order chi connectivity index (χ0) is 17.3. The molecule has 24 heavy (non-hydrogen) atoms. The van der Waals surface area contributed by atoms with Crippen LogP contribution in [0.3, 0.4) is 0 Å². The van der Waals surface area contributed by atoms with Crippen molar-refractivity contribution < 1.29 is 9.59 Å². The molecule has 4 N–H and O–H groups in total. The van der Waals surface area contributed by atoms with Crippen LogP contribution in [0, 0.1) is 17.8 Å². The van der Waals surface area contributed by atoms with E-state index >= 15 is 0 Å². The maximum atomic E-state index is 12.6. The number of anilines is 1. The first-order valence-corrected chi connectivity index (χ1v) is 8.95. The maximum absolute atomic E-state index is 12.6. The molecule has 0 aliphatic heterocycles. The highest BCUT2D eigenvalue weighted by Crippen LogP contribution is 2.42. The molecule has 2 amide bonds. The van der Waals surface area contributed by atoms with Crippen LogP contribution in [0.15, 0.2) is 18.2 Å². The standard InChI is InChI=1S/C18H24ClN3O2/c1-21-18(24)14-6-5-13(9-15(14)19)22-17(23)12-7-10-3-2-4-11(8-12)16(10)20/h5-6,9-12,16H,2-4,7-8,20H2,1H3,(H,21,24)(H,22,23). The van der Waals surface area contributed by atoms with Gasteiger partial charge in [-0.05, 0) is 55.7 Å². The number of carbonyl (C=O) groups excluding carboxylic acids is 2. The van der Waals surface area contributed by atoms with E-state index in [0.29, 0.717) is 28.1 Å². The van der Waals surface area contributed by atoms with Crippen LogP contribution in [-0.4, -0.2) is 24.9 Å². The molecular formula is C18H24ClN3O2. The zero-order valence-corrected chi connectivity index (χ0v) is 14.6. The molecule has 2 aliphatic rings. The van der Waals surface area contributed by atoms with Crippen molar-refractivity contribution in [1.29, 1.82) is 0 Å². The smallest absolute Gasteiger partial charge is 0.252 e. The minimum atomic E-state index is -0.244. The Hall–Kier alpha value is -1.59. The number of carbonyl (C=O) groups is 2. The normalized spacial score (nSPS) is 29.0. The number of rotatable bonds is 3.